The first kappa shape index (κ1) is 22.2. The third kappa shape index (κ3) is 4.46. The van der Waals surface area contributed by atoms with Crippen LogP contribution < -0.4 is 5.32 Å². The van der Waals surface area contributed by atoms with Gasteiger partial charge in [-0.3, -0.25) is 4.98 Å². The Balaban J connectivity index is 1.66. The van der Waals surface area contributed by atoms with Crippen molar-refractivity contribution in [3.8, 4) is 0 Å². The first-order valence-corrected chi connectivity index (χ1v) is 11.0. The molecule has 0 amide bonds. The first-order valence-electron chi connectivity index (χ1n) is 9.56. The molecule has 4 rings (SSSR count). The van der Waals surface area contributed by atoms with Crippen LogP contribution >= 0.6 is 0 Å². The second-order valence-electron chi connectivity index (χ2n) is 7.57. The van der Waals surface area contributed by atoms with Crippen LogP contribution in [0.2, 0.25) is 0 Å². The van der Waals surface area contributed by atoms with E-state index >= 15 is 0 Å². The minimum atomic E-state index is -4.56. The van der Waals surface area contributed by atoms with Crippen molar-refractivity contribution in [3.63, 3.8) is 0 Å². The predicted molar refractivity (Wildman–Crippen MR) is 108 cm³/mol. The van der Waals surface area contributed by atoms with Crippen LogP contribution in [0.25, 0.3) is 0 Å². The number of anilines is 1. The molecule has 0 saturated carbocycles. The lowest BCUT2D eigenvalue weighted by molar-refractivity contribution is -0.137. The fourth-order valence-electron chi connectivity index (χ4n) is 3.70. The number of aryl methyl sites for hydroxylation is 1. The number of nitrogens with zero attached hydrogens (tertiary/aromatic N) is 4. The van der Waals surface area contributed by atoms with Gasteiger partial charge in [-0.1, -0.05) is 12.1 Å². The Labute approximate surface area is 181 Å². The quantitative estimate of drug-likeness (QED) is 0.581. The summed E-state index contributed by atoms with van der Waals surface area (Å²) >= 11 is 0. The highest BCUT2D eigenvalue weighted by Gasteiger charge is 2.41. The SMILES string of the molecule is Cn1cnc(S(=O)(=O)N2CC(Nc3cncc(C(F)(F)F)c3)C(c3ccc(F)cc3)C2)c1. The Morgan fingerprint density at radius 3 is 2.47 bits per heavy atom. The second kappa shape index (κ2) is 8.17. The molecule has 7 nitrogen and oxygen atoms in total. The third-order valence-electron chi connectivity index (χ3n) is 5.29. The van der Waals surface area contributed by atoms with E-state index in [-0.39, 0.29) is 23.8 Å². The molecule has 2 atom stereocenters. The summed E-state index contributed by atoms with van der Waals surface area (Å²) in [5, 5.41) is 2.86. The van der Waals surface area contributed by atoms with Gasteiger partial charge in [0.15, 0.2) is 5.03 Å². The van der Waals surface area contributed by atoms with Gasteiger partial charge in [0.1, 0.15) is 5.82 Å². The highest BCUT2D eigenvalue weighted by Crippen LogP contribution is 2.35. The van der Waals surface area contributed by atoms with Crippen molar-refractivity contribution in [1.82, 2.24) is 18.8 Å². The van der Waals surface area contributed by atoms with Crippen LogP contribution in [0.3, 0.4) is 0 Å². The topological polar surface area (TPSA) is 80.1 Å². The summed E-state index contributed by atoms with van der Waals surface area (Å²) in [7, 11) is -2.29. The van der Waals surface area contributed by atoms with Crippen molar-refractivity contribution >= 4 is 15.7 Å². The zero-order valence-electron chi connectivity index (χ0n) is 16.8. The van der Waals surface area contributed by atoms with Crippen molar-refractivity contribution in [1.29, 1.82) is 0 Å². The van der Waals surface area contributed by atoms with Crippen LogP contribution in [0.5, 0.6) is 0 Å². The molecule has 2 unspecified atom stereocenters. The second-order valence-corrected chi connectivity index (χ2v) is 9.45. The van der Waals surface area contributed by atoms with E-state index in [1.807, 2.05) is 0 Å². The number of hydrogen-bond donors (Lipinski definition) is 1. The lowest BCUT2D eigenvalue weighted by atomic mass is 9.94. The smallest absolute Gasteiger partial charge is 0.379 e. The van der Waals surface area contributed by atoms with Crippen molar-refractivity contribution in [2.45, 2.75) is 23.2 Å². The number of alkyl halides is 3. The summed E-state index contributed by atoms with van der Waals surface area (Å²) in [6.45, 7) is 0.0335. The molecule has 170 valence electrons. The van der Waals surface area contributed by atoms with Crippen molar-refractivity contribution in [3.05, 3.63) is 72.2 Å². The van der Waals surface area contributed by atoms with Crippen LogP contribution in [0.15, 0.2) is 60.3 Å². The Morgan fingerprint density at radius 1 is 1.12 bits per heavy atom. The molecule has 1 aromatic carbocycles. The van der Waals surface area contributed by atoms with E-state index in [0.717, 1.165) is 12.3 Å². The molecule has 2 aromatic heterocycles. The number of imidazole rings is 1. The van der Waals surface area contributed by atoms with Gasteiger partial charge >= 0.3 is 6.18 Å². The van der Waals surface area contributed by atoms with E-state index in [9.17, 15) is 26.0 Å². The van der Waals surface area contributed by atoms with Gasteiger partial charge in [0.05, 0.1) is 17.6 Å². The molecule has 3 heterocycles. The fourth-order valence-corrected chi connectivity index (χ4v) is 5.16. The van der Waals surface area contributed by atoms with Gasteiger partial charge < -0.3 is 9.88 Å². The predicted octanol–water partition coefficient (Wildman–Crippen LogP) is 3.24. The molecule has 0 aliphatic carbocycles. The lowest BCUT2D eigenvalue weighted by Gasteiger charge is -2.21. The maximum Gasteiger partial charge on any atom is 0.417 e. The maximum absolute atomic E-state index is 13.4. The van der Waals surface area contributed by atoms with E-state index < -0.39 is 39.5 Å². The van der Waals surface area contributed by atoms with E-state index in [0.29, 0.717) is 5.56 Å². The van der Waals surface area contributed by atoms with Crippen LogP contribution in [0.1, 0.15) is 17.0 Å². The third-order valence-corrected chi connectivity index (χ3v) is 7.00. The molecule has 0 radical (unpaired) electrons. The van der Waals surface area contributed by atoms with Gasteiger partial charge in [-0.25, -0.2) is 17.8 Å². The molecule has 12 heteroatoms. The molecule has 3 aromatic rings. The van der Waals surface area contributed by atoms with E-state index in [1.54, 1.807) is 7.05 Å². The van der Waals surface area contributed by atoms with E-state index in [1.165, 1.54) is 51.9 Å². The molecule has 1 saturated heterocycles. The highest BCUT2D eigenvalue weighted by atomic mass is 32.2. The highest BCUT2D eigenvalue weighted by molar-refractivity contribution is 7.89. The first-order chi connectivity index (χ1) is 15.0. The number of halogens is 4. The summed E-state index contributed by atoms with van der Waals surface area (Å²) < 4.78 is 81.5. The molecule has 0 bridgehead atoms. The lowest BCUT2D eigenvalue weighted by Crippen LogP contribution is -2.32. The van der Waals surface area contributed by atoms with E-state index in [2.05, 4.69) is 15.3 Å². The summed E-state index contributed by atoms with van der Waals surface area (Å²) in [6, 6.07) is 5.93. The van der Waals surface area contributed by atoms with Crippen LogP contribution in [0.4, 0.5) is 23.2 Å². The van der Waals surface area contributed by atoms with Gasteiger partial charge in [0, 0.05) is 50.7 Å². The zero-order chi connectivity index (χ0) is 23.1. The van der Waals surface area contributed by atoms with Gasteiger partial charge in [-0.2, -0.15) is 17.5 Å². The molecular formula is C20H19F4N5O2S. The maximum atomic E-state index is 13.4. The van der Waals surface area contributed by atoms with Crippen molar-refractivity contribution in [2.75, 3.05) is 18.4 Å². The van der Waals surface area contributed by atoms with Crippen LogP contribution in [0, 0.1) is 5.82 Å². The van der Waals surface area contributed by atoms with Crippen molar-refractivity contribution in [2.24, 2.45) is 7.05 Å². The minimum Gasteiger partial charge on any atom is -0.379 e. The molecule has 1 aliphatic heterocycles. The number of rotatable bonds is 5. The average Bonchev–Trinajstić information content (AvgIpc) is 3.36. The average molecular weight is 469 g/mol. The van der Waals surface area contributed by atoms with Gasteiger partial charge in [-0.15, -0.1) is 0 Å². The van der Waals surface area contributed by atoms with Crippen LogP contribution in [-0.4, -0.2) is 46.4 Å². The summed E-state index contributed by atoms with van der Waals surface area (Å²) in [5.74, 6) is -0.889. The standard InChI is InChI=1S/C20H19F4N5O2S/c1-28-11-19(26-12-28)32(30,31)29-9-17(13-2-4-15(21)5-3-13)18(10-29)27-16-6-14(7-25-8-16)20(22,23)24/h2-8,11-12,17-18,27H,9-10H2,1H3. The number of hydrogen-bond acceptors (Lipinski definition) is 5. The number of sulfonamides is 1. The molecule has 0 spiro atoms. The zero-order valence-corrected chi connectivity index (χ0v) is 17.6. The Kier molecular flexibility index (Phi) is 5.67. The Morgan fingerprint density at radius 2 is 1.84 bits per heavy atom. The summed E-state index contributed by atoms with van der Waals surface area (Å²) in [5.41, 5.74) is -0.159. The van der Waals surface area contributed by atoms with Gasteiger partial charge in [-0.05, 0) is 23.8 Å². The Bertz CT molecular complexity index is 1210. The van der Waals surface area contributed by atoms with Gasteiger partial charge in [0.2, 0.25) is 0 Å². The number of nitrogens with one attached hydrogen (secondary N) is 1. The Hall–Kier alpha value is -2.99. The molecule has 1 fully saturated rings. The fraction of sp³-hybridized carbons (Fsp3) is 0.300. The van der Waals surface area contributed by atoms with Gasteiger partial charge in [0.25, 0.3) is 10.0 Å². The molecule has 1 N–H and O–H groups in total. The number of aromatic nitrogens is 3. The monoisotopic (exact) mass is 469 g/mol. The molecular weight excluding hydrogens is 450 g/mol. The summed E-state index contributed by atoms with van der Waals surface area (Å²) in [6.07, 6.45) is 0.136. The molecule has 32 heavy (non-hydrogen) atoms. The van der Waals surface area contributed by atoms with Crippen molar-refractivity contribution < 1.29 is 26.0 Å². The molecule has 1 aliphatic rings. The van der Waals surface area contributed by atoms with Crippen LogP contribution in [-0.2, 0) is 23.2 Å². The number of pyridine rings is 1. The number of benzene rings is 1. The normalized spacial score (nSPS) is 19.9. The minimum absolute atomic E-state index is 0.0167. The largest absolute Gasteiger partial charge is 0.417 e. The van der Waals surface area contributed by atoms with E-state index in [4.69, 9.17) is 0 Å². The summed E-state index contributed by atoms with van der Waals surface area (Å²) in [4.78, 5) is 7.56.